The molecule has 1 rings (SSSR count). The van der Waals surface area contributed by atoms with Crippen molar-refractivity contribution in [2.45, 2.75) is 39.7 Å². The molecule has 1 heteroatoms. The summed E-state index contributed by atoms with van der Waals surface area (Å²) in [7, 11) is 2.06. The fourth-order valence-electron chi connectivity index (χ4n) is 2.07. The summed E-state index contributed by atoms with van der Waals surface area (Å²) in [6, 6.07) is 0.659. The van der Waals surface area contributed by atoms with Crippen LogP contribution in [0.2, 0.25) is 0 Å². The zero-order valence-corrected chi connectivity index (χ0v) is 8.07. The normalized spacial score (nSPS) is 29.8. The highest BCUT2D eigenvalue weighted by Crippen LogP contribution is 2.32. The molecule has 1 N–H and O–H groups in total. The first-order valence-corrected chi connectivity index (χ1v) is 4.42. The zero-order chi connectivity index (χ0) is 8.48. The van der Waals surface area contributed by atoms with Gasteiger partial charge in [-0.1, -0.05) is 25.5 Å². The summed E-state index contributed by atoms with van der Waals surface area (Å²) >= 11 is 0. The SMILES string of the molecule is CNC1CCC(C)=CC1(C)C. The van der Waals surface area contributed by atoms with E-state index < -0.39 is 0 Å². The lowest BCUT2D eigenvalue weighted by Crippen LogP contribution is -2.40. The molecular weight excluding hydrogens is 134 g/mol. The summed E-state index contributed by atoms with van der Waals surface area (Å²) in [6.07, 6.45) is 4.94. The van der Waals surface area contributed by atoms with Crippen LogP contribution >= 0.6 is 0 Å². The van der Waals surface area contributed by atoms with Crippen LogP contribution in [-0.2, 0) is 0 Å². The van der Waals surface area contributed by atoms with Gasteiger partial charge in [-0.25, -0.2) is 0 Å². The van der Waals surface area contributed by atoms with Gasteiger partial charge >= 0.3 is 0 Å². The van der Waals surface area contributed by atoms with Crippen LogP contribution in [0.25, 0.3) is 0 Å². The lowest BCUT2D eigenvalue weighted by atomic mass is 9.76. The van der Waals surface area contributed by atoms with Crippen molar-refractivity contribution in [3.8, 4) is 0 Å². The number of nitrogens with one attached hydrogen (secondary N) is 1. The highest BCUT2D eigenvalue weighted by atomic mass is 14.9. The molecule has 11 heavy (non-hydrogen) atoms. The van der Waals surface area contributed by atoms with Gasteiger partial charge in [0.1, 0.15) is 0 Å². The minimum absolute atomic E-state index is 0.344. The Hall–Kier alpha value is -0.300. The quantitative estimate of drug-likeness (QED) is 0.570. The maximum atomic E-state index is 3.37. The topological polar surface area (TPSA) is 12.0 Å². The summed E-state index contributed by atoms with van der Waals surface area (Å²) in [5, 5.41) is 3.37. The van der Waals surface area contributed by atoms with Crippen LogP contribution in [0.3, 0.4) is 0 Å². The predicted molar refractivity (Wildman–Crippen MR) is 49.6 cm³/mol. The molecule has 1 aliphatic rings. The van der Waals surface area contributed by atoms with Crippen molar-refractivity contribution >= 4 is 0 Å². The molecule has 0 radical (unpaired) electrons. The maximum absolute atomic E-state index is 3.37. The summed E-state index contributed by atoms with van der Waals surface area (Å²) in [6.45, 7) is 6.83. The zero-order valence-electron chi connectivity index (χ0n) is 8.07. The van der Waals surface area contributed by atoms with Crippen LogP contribution < -0.4 is 5.32 Å². The van der Waals surface area contributed by atoms with Crippen LogP contribution in [-0.4, -0.2) is 13.1 Å². The summed E-state index contributed by atoms with van der Waals surface area (Å²) in [4.78, 5) is 0. The third-order valence-electron chi connectivity index (χ3n) is 2.69. The monoisotopic (exact) mass is 153 g/mol. The van der Waals surface area contributed by atoms with E-state index in [1.54, 1.807) is 5.57 Å². The van der Waals surface area contributed by atoms with Gasteiger partial charge in [-0.2, -0.15) is 0 Å². The van der Waals surface area contributed by atoms with Gasteiger partial charge in [-0.05, 0) is 32.2 Å². The van der Waals surface area contributed by atoms with Crippen molar-refractivity contribution in [1.82, 2.24) is 5.32 Å². The lowest BCUT2D eigenvalue weighted by Gasteiger charge is -2.36. The molecule has 0 heterocycles. The first kappa shape index (κ1) is 8.79. The second-order valence-corrected chi connectivity index (χ2v) is 4.19. The van der Waals surface area contributed by atoms with Crippen molar-refractivity contribution in [1.29, 1.82) is 0 Å². The minimum Gasteiger partial charge on any atom is -0.316 e. The van der Waals surface area contributed by atoms with Crippen LogP contribution in [0.1, 0.15) is 33.6 Å². The minimum atomic E-state index is 0.344. The lowest BCUT2D eigenvalue weighted by molar-refractivity contribution is 0.291. The highest BCUT2D eigenvalue weighted by molar-refractivity contribution is 5.13. The molecule has 0 spiro atoms. The molecule has 0 fully saturated rings. The fourth-order valence-corrected chi connectivity index (χ4v) is 2.07. The van der Waals surface area contributed by atoms with E-state index in [2.05, 4.69) is 39.2 Å². The molecule has 0 amide bonds. The fraction of sp³-hybridized carbons (Fsp3) is 0.800. The van der Waals surface area contributed by atoms with Gasteiger partial charge < -0.3 is 5.32 Å². The molecule has 1 unspecified atom stereocenters. The van der Waals surface area contributed by atoms with Crippen molar-refractivity contribution in [2.75, 3.05) is 7.05 Å². The molecule has 0 aromatic heterocycles. The largest absolute Gasteiger partial charge is 0.316 e. The third-order valence-corrected chi connectivity index (χ3v) is 2.69. The van der Waals surface area contributed by atoms with Gasteiger partial charge in [-0.15, -0.1) is 0 Å². The smallest absolute Gasteiger partial charge is 0.0153 e. The summed E-state index contributed by atoms with van der Waals surface area (Å²) in [5.74, 6) is 0. The third kappa shape index (κ3) is 1.84. The molecule has 1 aliphatic carbocycles. The molecule has 0 saturated heterocycles. The summed E-state index contributed by atoms with van der Waals surface area (Å²) in [5.41, 5.74) is 1.89. The highest BCUT2D eigenvalue weighted by Gasteiger charge is 2.28. The molecule has 0 saturated carbocycles. The van der Waals surface area contributed by atoms with Gasteiger partial charge in [0.15, 0.2) is 0 Å². The molecule has 64 valence electrons. The second-order valence-electron chi connectivity index (χ2n) is 4.19. The van der Waals surface area contributed by atoms with Gasteiger partial charge in [0, 0.05) is 6.04 Å². The van der Waals surface area contributed by atoms with Gasteiger partial charge in [-0.3, -0.25) is 0 Å². The molecule has 1 nitrogen and oxygen atoms in total. The van der Waals surface area contributed by atoms with Crippen LogP contribution in [0.5, 0.6) is 0 Å². The molecular formula is C10H19N. The van der Waals surface area contributed by atoms with Crippen molar-refractivity contribution < 1.29 is 0 Å². The Kier molecular flexibility index (Phi) is 2.38. The first-order valence-electron chi connectivity index (χ1n) is 4.42. The van der Waals surface area contributed by atoms with Crippen LogP contribution in [0, 0.1) is 5.41 Å². The van der Waals surface area contributed by atoms with E-state index in [-0.39, 0.29) is 0 Å². The van der Waals surface area contributed by atoms with Gasteiger partial charge in [0.2, 0.25) is 0 Å². The maximum Gasteiger partial charge on any atom is 0.0153 e. The van der Waals surface area contributed by atoms with Gasteiger partial charge in [0.05, 0.1) is 0 Å². The molecule has 0 aliphatic heterocycles. The van der Waals surface area contributed by atoms with E-state index in [1.807, 2.05) is 0 Å². The van der Waals surface area contributed by atoms with Crippen LogP contribution in [0.15, 0.2) is 11.6 Å². The Bertz CT molecular complexity index is 168. The molecule has 1 atom stereocenters. The Labute approximate surface area is 69.9 Å². The molecule has 0 bridgehead atoms. The van der Waals surface area contributed by atoms with E-state index in [0.717, 1.165) is 0 Å². The molecule has 0 aromatic carbocycles. The van der Waals surface area contributed by atoms with E-state index in [4.69, 9.17) is 0 Å². The Balaban J connectivity index is 2.76. The van der Waals surface area contributed by atoms with E-state index in [0.29, 0.717) is 11.5 Å². The standard InChI is InChI=1S/C10H19N/c1-8-5-6-9(11-4)10(2,3)7-8/h7,9,11H,5-6H2,1-4H3. The van der Waals surface area contributed by atoms with Crippen molar-refractivity contribution in [3.05, 3.63) is 11.6 Å². The second kappa shape index (κ2) is 2.98. The Morgan fingerprint density at radius 2 is 2.18 bits per heavy atom. The number of rotatable bonds is 1. The van der Waals surface area contributed by atoms with Crippen LogP contribution in [0.4, 0.5) is 0 Å². The average molecular weight is 153 g/mol. The van der Waals surface area contributed by atoms with E-state index in [9.17, 15) is 0 Å². The van der Waals surface area contributed by atoms with E-state index >= 15 is 0 Å². The van der Waals surface area contributed by atoms with Gasteiger partial charge in [0.25, 0.3) is 0 Å². The Morgan fingerprint density at radius 3 is 2.64 bits per heavy atom. The summed E-state index contributed by atoms with van der Waals surface area (Å²) < 4.78 is 0. The van der Waals surface area contributed by atoms with Crippen molar-refractivity contribution in [3.63, 3.8) is 0 Å². The van der Waals surface area contributed by atoms with E-state index in [1.165, 1.54) is 12.8 Å². The predicted octanol–water partition coefficient (Wildman–Crippen LogP) is 2.34. The van der Waals surface area contributed by atoms with Crippen molar-refractivity contribution in [2.24, 2.45) is 5.41 Å². The Morgan fingerprint density at radius 1 is 1.55 bits per heavy atom. The number of hydrogen-bond acceptors (Lipinski definition) is 1. The average Bonchev–Trinajstić information content (AvgIpc) is 1.85. The molecule has 0 aromatic rings. The first-order chi connectivity index (χ1) is 5.06. The number of hydrogen-bond donors (Lipinski definition) is 1. The number of allylic oxidation sites excluding steroid dienone is 1.